The maximum absolute atomic E-state index is 5.71. The Hall–Kier alpha value is -0.530. The molecule has 2 heteroatoms. The Bertz CT molecular complexity index is 305. The molecule has 1 nitrogen and oxygen atoms in total. The SMILES string of the molecule is CC(CCCl)CNCc1ccc(C(C)C)cc1. The minimum absolute atomic E-state index is 0.612. The summed E-state index contributed by atoms with van der Waals surface area (Å²) < 4.78 is 0. The lowest BCUT2D eigenvalue weighted by atomic mass is 10.0. The zero-order chi connectivity index (χ0) is 12.7. The van der Waals surface area contributed by atoms with Crippen LogP contribution in [-0.4, -0.2) is 12.4 Å². The van der Waals surface area contributed by atoms with Crippen LogP contribution in [0.15, 0.2) is 24.3 Å². The fourth-order valence-corrected chi connectivity index (χ4v) is 2.14. The first-order chi connectivity index (χ1) is 8.13. The Balaban J connectivity index is 2.32. The summed E-state index contributed by atoms with van der Waals surface area (Å²) in [5, 5.41) is 3.48. The van der Waals surface area contributed by atoms with Gasteiger partial charge < -0.3 is 5.32 Å². The number of benzene rings is 1. The average Bonchev–Trinajstić information content (AvgIpc) is 2.30. The van der Waals surface area contributed by atoms with Crippen molar-refractivity contribution in [3.63, 3.8) is 0 Å². The minimum atomic E-state index is 0.612. The Morgan fingerprint density at radius 2 is 1.76 bits per heavy atom. The summed E-state index contributed by atoms with van der Waals surface area (Å²) in [6.45, 7) is 8.67. The van der Waals surface area contributed by atoms with E-state index in [1.54, 1.807) is 0 Å². The zero-order valence-electron chi connectivity index (χ0n) is 11.2. The summed E-state index contributed by atoms with van der Waals surface area (Å²) in [5.41, 5.74) is 2.76. The van der Waals surface area contributed by atoms with Crippen molar-refractivity contribution in [1.82, 2.24) is 5.32 Å². The minimum Gasteiger partial charge on any atom is -0.312 e. The van der Waals surface area contributed by atoms with Gasteiger partial charge in [-0.05, 0) is 35.9 Å². The second-order valence-electron chi connectivity index (χ2n) is 5.11. The fraction of sp³-hybridized carbons (Fsp3) is 0.600. The van der Waals surface area contributed by atoms with E-state index < -0.39 is 0 Å². The standard InChI is InChI=1S/C15H24ClN/c1-12(2)15-6-4-14(5-7-15)11-17-10-13(3)8-9-16/h4-7,12-13,17H,8-11H2,1-3H3. The van der Waals surface area contributed by atoms with Crippen LogP contribution in [0.1, 0.15) is 44.2 Å². The van der Waals surface area contributed by atoms with Crippen molar-refractivity contribution in [3.05, 3.63) is 35.4 Å². The van der Waals surface area contributed by atoms with E-state index in [2.05, 4.69) is 50.4 Å². The number of nitrogens with one attached hydrogen (secondary N) is 1. The van der Waals surface area contributed by atoms with Crippen molar-refractivity contribution in [1.29, 1.82) is 0 Å². The van der Waals surface area contributed by atoms with Gasteiger partial charge >= 0.3 is 0 Å². The van der Waals surface area contributed by atoms with E-state index >= 15 is 0 Å². The predicted octanol–water partition coefficient (Wildman–Crippen LogP) is 4.16. The van der Waals surface area contributed by atoms with E-state index in [1.807, 2.05) is 0 Å². The molecule has 0 saturated heterocycles. The van der Waals surface area contributed by atoms with Crippen LogP contribution in [0.5, 0.6) is 0 Å². The Morgan fingerprint density at radius 1 is 1.12 bits per heavy atom. The average molecular weight is 254 g/mol. The van der Waals surface area contributed by atoms with Crippen molar-refractivity contribution in [3.8, 4) is 0 Å². The van der Waals surface area contributed by atoms with Gasteiger partial charge in [0.25, 0.3) is 0 Å². The van der Waals surface area contributed by atoms with E-state index in [4.69, 9.17) is 11.6 Å². The molecule has 1 N–H and O–H groups in total. The van der Waals surface area contributed by atoms with Gasteiger partial charge in [-0.15, -0.1) is 11.6 Å². The molecule has 0 radical (unpaired) electrons. The molecule has 1 aromatic carbocycles. The van der Waals surface area contributed by atoms with Crippen LogP contribution in [0.3, 0.4) is 0 Å². The molecule has 1 atom stereocenters. The van der Waals surface area contributed by atoms with Crippen molar-refractivity contribution in [2.45, 2.75) is 39.7 Å². The molecule has 17 heavy (non-hydrogen) atoms. The van der Waals surface area contributed by atoms with Gasteiger partial charge in [0.15, 0.2) is 0 Å². The highest BCUT2D eigenvalue weighted by Crippen LogP contribution is 2.14. The van der Waals surface area contributed by atoms with Crippen molar-refractivity contribution in [2.24, 2.45) is 5.92 Å². The summed E-state index contributed by atoms with van der Waals surface area (Å²) in [4.78, 5) is 0. The third-order valence-corrected chi connectivity index (χ3v) is 3.29. The molecule has 1 rings (SSSR count). The number of hydrogen-bond donors (Lipinski definition) is 1. The van der Waals surface area contributed by atoms with Crippen molar-refractivity contribution in [2.75, 3.05) is 12.4 Å². The van der Waals surface area contributed by atoms with E-state index in [1.165, 1.54) is 11.1 Å². The first-order valence-electron chi connectivity index (χ1n) is 6.49. The molecule has 0 saturated carbocycles. The largest absolute Gasteiger partial charge is 0.312 e. The molecule has 1 unspecified atom stereocenters. The molecule has 0 aliphatic carbocycles. The number of rotatable bonds is 7. The monoisotopic (exact) mass is 253 g/mol. The lowest BCUT2D eigenvalue weighted by Crippen LogP contribution is -2.21. The quantitative estimate of drug-likeness (QED) is 0.720. The molecule has 0 aliphatic rings. The summed E-state index contributed by atoms with van der Waals surface area (Å²) in [7, 11) is 0. The van der Waals surface area contributed by atoms with Gasteiger partial charge in [0.1, 0.15) is 0 Å². The molecular weight excluding hydrogens is 230 g/mol. The molecule has 0 heterocycles. The normalized spacial score (nSPS) is 13.0. The predicted molar refractivity (Wildman–Crippen MR) is 76.7 cm³/mol. The molecule has 0 fully saturated rings. The summed E-state index contributed by atoms with van der Waals surface area (Å²) in [6.07, 6.45) is 1.08. The third-order valence-electron chi connectivity index (χ3n) is 3.07. The van der Waals surface area contributed by atoms with Gasteiger partial charge in [0.05, 0.1) is 0 Å². The summed E-state index contributed by atoms with van der Waals surface area (Å²) >= 11 is 5.71. The molecule has 0 bridgehead atoms. The molecule has 0 aliphatic heterocycles. The second kappa shape index (κ2) is 7.73. The van der Waals surface area contributed by atoms with Gasteiger partial charge in [0.2, 0.25) is 0 Å². The van der Waals surface area contributed by atoms with E-state index in [0.717, 1.165) is 25.4 Å². The second-order valence-corrected chi connectivity index (χ2v) is 5.49. The van der Waals surface area contributed by atoms with Gasteiger partial charge in [-0.1, -0.05) is 45.0 Å². The lowest BCUT2D eigenvalue weighted by Gasteiger charge is -2.11. The zero-order valence-corrected chi connectivity index (χ0v) is 11.9. The number of alkyl halides is 1. The molecule has 0 amide bonds. The van der Waals surface area contributed by atoms with Crippen molar-refractivity contribution >= 4 is 11.6 Å². The smallest absolute Gasteiger partial charge is 0.0226 e. The van der Waals surface area contributed by atoms with Crippen LogP contribution in [0.4, 0.5) is 0 Å². The summed E-state index contributed by atoms with van der Waals surface area (Å²) in [6, 6.07) is 8.89. The first-order valence-corrected chi connectivity index (χ1v) is 7.02. The molecule has 96 valence electrons. The molecule has 1 aromatic rings. The van der Waals surface area contributed by atoms with Crippen LogP contribution in [0, 0.1) is 5.92 Å². The Morgan fingerprint density at radius 3 is 2.29 bits per heavy atom. The van der Waals surface area contributed by atoms with Crippen molar-refractivity contribution < 1.29 is 0 Å². The van der Waals surface area contributed by atoms with E-state index in [-0.39, 0.29) is 0 Å². The highest BCUT2D eigenvalue weighted by Gasteiger charge is 2.01. The van der Waals surface area contributed by atoms with Crippen LogP contribution >= 0.6 is 11.6 Å². The fourth-order valence-electron chi connectivity index (χ4n) is 1.77. The maximum atomic E-state index is 5.71. The van der Waals surface area contributed by atoms with Crippen LogP contribution in [0.25, 0.3) is 0 Å². The lowest BCUT2D eigenvalue weighted by molar-refractivity contribution is 0.502. The Kier molecular flexibility index (Phi) is 6.61. The highest BCUT2D eigenvalue weighted by atomic mass is 35.5. The van der Waals surface area contributed by atoms with Gasteiger partial charge in [0, 0.05) is 12.4 Å². The van der Waals surface area contributed by atoms with E-state index in [0.29, 0.717) is 11.8 Å². The van der Waals surface area contributed by atoms with Gasteiger partial charge in [-0.3, -0.25) is 0 Å². The number of halogens is 1. The van der Waals surface area contributed by atoms with Crippen LogP contribution in [0.2, 0.25) is 0 Å². The van der Waals surface area contributed by atoms with Gasteiger partial charge in [-0.2, -0.15) is 0 Å². The van der Waals surface area contributed by atoms with Crippen LogP contribution in [-0.2, 0) is 6.54 Å². The molecule has 0 aromatic heterocycles. The van der Waals surface area contributed by atoms with Crippen LogP contribution < -0.4 is 5.32 Å². The molecular formula is C15H24ClN. The maximum Gasteiger partial charge on any atom is 0.0226 e. The Labute approximate surface area is 111 Å². The van der Waals surface area contributed by atoms with Gasteiger partial charge in [-0.25, -0.2) is 0 Å². The topological polar surface area (TPSA) is 12.0 Å². The first kappa shape index (κ1) is 14.5. The highest BCUT2D eigenvalue weighted by molar-refractivity contribution is 6.17. The molecule has 0 spiro atoms. The summed E-state index contributed by atoms with van der Waals surface area (Å²) in [5.74, 6) is 2.02. The third kappa shape index (κ3) is 5.56. The number of hydrogen-bond acceptors (Lipinski definition) is 1. The van der Waals surface area contributed by atoms with E-state index in [9.17, 15) is 0 Å².